The molecule has 0 atom stereocenters. The Morgan fingerprint density at radius 2 is 1.91 bits per heavy atom. The van der Waals surface area contributed by atoms with Crippen molar-refractivity contribution in [2.75, 3.05) is 39.9 Å². The van der Waals surface area contributed by atoms with E-state index in [1.165, 1.54) is 58.0 Å². The number of nitrogens with one attached hydrogen (secondary N) is 1. The van der Waals surface area contributed by atoms with Crippen molar-refractivity contribution in [2.24, 2.45) is 15.8 Å². The summed E-state index contributed by atoms with van der Waals surface area (Å²) in [7, 11) is 1.81. The summed E-state index contributed by atoms with van der Waals surface area (Å²) in [6.45, 7) is 7.41. The van der Waals surface area contributed by atoms with E-state index in [9.17, 15) is 0 Å². The summed E-state index contributed by atoms with van der Waals surface area (Å²) in [5, 5.41) is 3.53. The van der Waals surface area contributed by atoms with E-state index < -0.39 is 0 Å². The highest BCUT2D eigenvalue weighted by Crippen LogP contribution is 2.48. The van der Waals surface area contributed by atoms with Crippen LogP contribution in [-0.2, 0) is 4.74 Å². The average Bonchev–Trinajstić information content (AvgIpc) is 2.90. The van der Waals surface area contributed by atoms with Crippen LogP contribution < -0.4 is 5.32 Å². The van der Waals surface area contributed by atoms with Crippen LogP contribution in [0.1, 0.15) is 58.3 Å². The molecular weight excluding hydrogens is 401 g/mol. The summed E-state index contributed by atoms with van der Waals surface area (Å²) in [5.41, 5.74) is 1.06. The van der Waals surface area contributed by atoms with Crippen molar-refractivity contribution in [1.82, 2.24) is 10.2 Å². The Kier molecular flexibility index (Phi) is 7.01. The highest BCUT2D eigenvalue weighted by atomic mass is 127. The molecule has 1 spiro atoms. The normalized spacial score (nSPS) is 24.8. The Morgan fingerprint density at radius 3 is 2.39 bits per heavy atom. The van der Waals surface area contributed by atoms with Crippen LogP contribution in [0.15, 0.2) is 4.99 Å². The fourth-order valence-corrected chi connectivity index (χ4v) is 4.35. The fraction of sp³-hybridized carbons (Fsp3) is 0.944. The van der Waals surface area contributed by atoms with Gasteiger partial charge >= 0.3 is 0 Å². The predicted octanol–water partition coefficient (Wildman–Crippen LogP) is 3.65. The average molecular weight is 435 g/mol. The van der Waals surface area contributed by atoms with Gasteiger partial charge in [0.25, 0.3) is 0 Å². The van der Waals surface area contributed by atoms with Gasteiger partial charge in [0.05, 0.1) is 0 Å². The van der Waals surface area contributed by atoms with Crippen molar-refractivity contribution in [3.05, 3.63) is 0 Å². The number of hydrogen-bond acceptors (Lipinski definition) is 2. The number of rotatable bonds is 6. The molecule has 0 aromatic rings. The molecule has 3 aliphatic rings. The maximum atomic E-state index is 5.30. The van der Waals surface area contributed by atoms with Gasteiger partial charge in [-0.1, -0.05) is 12.8 Å². The summed E-state index contributed by atoms with van der Waals surface area (Å²) in [5.74, 6) is 1.16. The molecule has 0 radical (unpaired) electrons. The second-order valence-electron chi connectivity index (χ2n) is 7.79. The third-order valence-electron chi connectivity index (χ3n) is 6.30. The second-order valence-corrected chi connectivity index (χ2v) is 7.79. The lowest BCUT2D eigenvalue weighted by Gasteiger charge is -2.41. The Bertz CT molecular complexity index is 405. The van der Waals surface area contributed by atoms with E-state index in [4.69, 9.17) is 9.73 Å². The lowest BCUT2D eigenvalue weighted by Crippen LogP contribution is -2.44. The van der Waals surface area contributed by atoms with Crippen LogP contribution in [-0.4, -0.2) is 50.8 Å². The number of ether oxygens (including phenoxy) is 1. The van der Waals surface area contributed by atoms with Crippen LogP contribution in [0.2, 0.25) is 0 Å². The Morgan fingerprint density at radius 1 is 1.17 bits per heavy atom. The first-order valence-corrected chi connectivity index (χ1v) is 9.23. The van der Waals surface area contributed by atoms with Crippen molar-refractivity contribution >= 4 is 29.9 Å². The molecule has 134 valence electrons. The Balaban J connectivity index is 0.00000192. The van der Waals surface area contributed by atoms with Gasteiger partial charge in [-0.15, -0.1) is 24.0 Å². The summed E-state index contributed by atoms with van der Waals surface area (Å²) >= 11 is 0. The monoisotopic (exact) mass is 435 g/mol. The van der Waals surface area contributed by atoms with Crippen LogP contribution in [0.3, 0.4) is 0 Å². The number of nitrogens with zero attached hydrogens (tertiary/aromatic N) is 2. The number of methoxy groups -OCH3 is 1. The van der Waals surface area contributed by atoms with E-state index in [-0.39, 0.29) is 24.0 Å². The lowest BCUT2D eigenvalue weighted by molar-refractivity contribution is 0.0776. The molecule has 2 aliphatic carbocycles. The van der Waals surface area contributed by atoms with Crippen LogP contribution in [0.5, 0.6) is 0 Å². The molecule has 0 unspecified atom stereocenters. The third-order valence-corrected chi connectivity index (χ3v) is 6.30. The van der Waals surface area contributed by atoms with E-state index >= 15 is 0 Å². The second kappa shape index (κ2) is 8.37. The highest BCUT2D eigenvalue weighted by Gasteiger charge is 2.44. The largest absolute Gasteiger partial charge is 0.385 e. The first-order valence-electron chi connectivity index (χ1n) is 9.23. The highest BCUT2D eigenvalue weighted by molar-refractivity contribution is 14.0. The van der Waals surface area contributed by atoms with Gasteiger partial charge in [-0.25, -0.2) is 0 Å². The first kappa shape index (κ1) is 19.3. The summed E-state index contributed by atoms with van der Waals surface area (Å²) in [6, 6.07) is 0. The first-order chi connectivity index (χ1) is 10.7. The van der Waals surface area contributed by atoms with Gasteiger partial charge in [-0.2, -0.15) is 0 Å². The standard InChI is InChI=1S/C18H33N3O.HI/c1-3-19-16(21-12-10-18(15-21)8-5-9-18)20-14-17(6-4-7-17)11-13-22-2;/h3-15H2,1-2H3,(H,19,20);1H. The van der Waals surface area contributed by atoms with Gasteiger partial charge in [0.15, 0.2) is 5.96 Å². The fourth-order valence-electron chi connectivity index (χ4n) is 4.35. The molecule has 5 heteroatoms. The maximum Gasteiger partial charge on any atom is 0.193 e. The molecule has 23 heavy (non-hydrogen) atoms. The molecule has 1 aliphatic heterocycles. The van der Waals surface area contributed by atoms with Crippen molar-refractivity contribution in [3.8, 4) is 0 Å². The van der Waals surface area contributed by atoms with Gasteiger partial charge < -0.3 is 15.0 Å². The zero-order valence-corrected chi connectivity index (χ0v) is 17.2. The smallest absolute Gasteiger partial charge is 0.193 e. The molecule has 0 aromatic carbocycles. The number of aliphatic imine (C=N–C) groups is 1. The summed E-state index contributed by atoms with van der Waals surface area (Å²) < 4.78 is 5.30. The van der Waals surface area contributed by atoms with Crippen LogP contribution >= 0.6 is 24.0 Å². The Hall–Kier alpha value is -0.0400. The van der Waals surface area contributed by atoms with E-state index in [1.807, 2.05) is 7.11 Å². The quantitative estimate of drug-likeness (QED) is 0.393. The molecule has 1 N–H and O–H groups in total. The number of halogens is 1. The predicted molar refractivity (Wildman–Crippen MR) is 107 cm³/mol. The summed E-state index contributed by atoms with van der Waals surface area (Å²) in [6.07, 6.45) is 10.8. The summed E-state index contributed by atoms with van der Waals surface area (Å²) in [4.78, 5) is 7.56. The van der Waals surface area contributed by atoms with Crippen LogP contribution in [0.25, 0.3) is 0 Å². The van der Waals surface area contributed by atoms with E-state index in [0.717, 1.165) is 32.1 Å². The molecule has 2 saturated carbocycles. The minimum Gasteiger partial charge on any atom is -0.385 e. The maximum absolute atomic E-state index is 5.30. The van der Waals surface area contributed by atoms with Gasteiger partial charge in [-0.3, -0.25) is 4.99 Å². The zero-order valence-electron chi connectivity index (χ0n) is 14.9. The molecule has 1 heterocycles. The Labute approximate surface area is 158 Å². The minimum absolute atomic E-state index is 0. The van der Waals surface area contributed by atoms with Crippen molar-refractivity contribution in [2.45, 2.75) is 58.3 Å². The van der Waals surface area contributed by atoms with Crippen LogP contribution in [0.4, 0.5) is 0 Å². The van der Waals surface area contributed by atoms with Crippen LogP contribution in [0, 0.1) is 10.8 Å². The number of likely N-dealkylation sites (tertiary alicyclic amines) is 1. The van der Waals surface area contributed by atoms with Crippen molar-refractivity contribution in [1.29, 1.82) is 0 Å². The molecular formula is C18H34IN3O. The molecule has 0 bridgehead atoms. The van der Waals surface area contributed by atoms with E-state index in [0.29, 0.717) is 10.8 Å². The number of guanidine groups is 1. The van der Waals surface area contributed by atoms with Gasteiger partial charge in [0.1, 0.15) is 0 Å². The van der Waals surface area contributed by atoms with E-state index in [2.05, 4.69) is 17.1 Å². The van der Waals surface area contributed by atoms with Crippen molar-refractivity contribution < 1.29 is 4.74 Å². The minimum atomic E-state index is 0. The molecule has 4 nitrogen and oxygen atoms in total. The molecule has 0 aromatic heterocycles. The number of hydrogen-bond donors (Lipinski definition) is 1. The third kappa shape index (κ3) is 4.33. The molecule has 3 rings (SSSR count). The molecule has 0 amide bonds. The molecule has 1 saturated heterocycles. The van der Waals surface area contributed by atoms with Crippen molar-refractivity contribution in [3.63, 3.8) is 0 Å². The lowest BCUT2D eigenvalue weighted by atomic mass is 9.67. The molecule has 3 fully saturated rings. The SMILES string of the molecule is CCNC(=NCC1(CCOC)CCC1)N1CCC2(CCC2)C1.I. The zero-order chi connectivity index (χ0) is 15.5. The topological polar surface area (TPSA) is 36.9 Å². The van der Waals surface area contributed by atoms with E-state index in [1.54, 1.807) is 0 Å². The van der Waals surface area contributed by atoms with Gasteiger partial charge in [0, 0.05) is 39.9 Å². The van der Waals surface area contributed by atoms with Gasteiger partial charge in [0.2, 0.25) is 0 Å². The van der Waals surface area contributed by atoms with Gasteiger partial charge in [-0.05, 0) is 56.3 Å².